The molecule has 1 aromatic carbocycles. The molecule has 0 aliphatic carbocycles. The molecule has 100 valence electrons. The molecule has 0 heterocycles. The van der Waals surface area contributed by atoms with E-state index in [9.17, 15) is 4.79 Å². The molecule has 0 aliphatic heterocycles. The third-order valence-corrected chi connectivity index (χ3v) is 2.65. The first-order chi connectivity index (χ1) is 8.76. The standard InChI is InChI=1S/C14H21NO3/c1-2-6-13(9-10-16)15-14(17)18-11-12-7-4-3-5-8-12/h3-5,7-8,13,16H,2,6,9-11H2,1H3,(H,15,17). The molecule has 2 N–H and O–H groups in total. The summed E-state index contributed by atoms with van der Waals surface area (Å²) in [5, 5.41) is 11.7. The third-order valence-electron chi connectivity index (χ3n) is 2.65. The van der Waals surface area contributed by atoms with Gasteiger partial charge in [-0.15, -0.1) is 0 Å². The highest BCUT2D eigenvalue weighted by Gasteiger charge is 2.11. The van der Waals surface area contributed by atoms with Crippen LogP contribution in [0, 0.1) is 0 Å². The molecule has 0 bridgehead atoms. The van der Waals surface area contributed by atoms with Crippen LogP contribution in [-0.2, 0) is 11.3 Å². The van der Waals surface area contributed by atoms with Crippen LogP contribution in [0.5, 0.6) is 0 Å². The van der Waals surface area contributed by atoms with E-state index < -0.39 is 6.09 Å². The van der Waals surface area contributed by atoms with Crippen LogP contribution in [0.25, 0.3) is 0 Å². The maximum atomic E-state index is 11.6. The van der Waals surface area contributed by atoms with Crippen LogP contribution in [0.15, 0.2) is 30.3 Å². The number of alkyl carbamates (subject to hydrolysis) is 1. The van der Waals surface area contributed by atoms with Crippen molar-refractivity contribution in [2.45, 2.75) is 38.8 Å². The predicted molar refractivity (Wildman–Crippen MR) is 70.2 cm³/mol. The van der Waals surface area contributed by atoms with Crippen molar-refractivity contribution >= 4 is 6.09 Å². The Kier molecular flexibility index (Phi) is 6.87. The molecule has 0 saturated heterocycles. The summed E-state index contributed by atoms with van der Waals surface area (Å²) in [6.45, 7) is 2.38. The van der Waals surface area contributed by atoms with Gasteiger partial charge in [-0.2, -0.15) is 0 Å². The molecule has 1 unspecified atom stereocenters. The van der Waals surface area contributed by atoms with E-state index in [1.807, 2.05) is 37.3 Å². The fourth-order valence-corrected chi connectivity index (χ4v) is 1.72. The average molecular weight is 251 g/mol. The molecule has 0 fully saturated rings. The second-order valence-corrected chi connectivity index (χ2v) is 4.20. The quantitative estimate of drug-likeness (QED) is 0.782. The van der Waals surface area contributed by atoms with Crippen LogP contribution in [-0.4, -0.2) is 23.8 Å². The van der Waals surface area contributed by atoms with Gasteiger partial charge in [0.2, 0.25) is 0 Å². The number of nitrogens with one attached hydrogen (secondary N) is 1. The Labute approximate surface area is 108 Å². The second kappa shape index (κ2) is 8.53. The highest BCUT2D eigenvalue weighted by molar-refractivity contribution is 5.67. The van der Waals surface area contributed by atoms with Crippen molar-refractivity contribution in [2.24, 2.45) is 0 Å². The minimum Gasteiger partial charge on any atom is -0.445 e. The summed E-state index contributed by atoms with van der Waals surface area (Å²) in [6.07, 6.45) is 1.95. The fraction of sp³-hybridized carbons (Fsp3) is 0.500. The smallest absolute Gasteiger partial charge is 0.407 e. The Morgan fingerprint density at radius 3 is 2.67 bits per heavy atom. The predicted octanol–water partition coefficient (Wildman–Crippen LogP) is 2.46. The summed E-state index contributed by atoms with van der Waals surface area (Å²) < 4.78 is 5.12. The lowest BCUT2D eigenvalue weighted by Crippen LogP contribution is -2.35. The molecule has 1 rings (SSSR count). The van der Waals surface area contributed by atoms with Gasteiger partial charge in [0.15, 0.2) is 0 Å². The number of rotatable bonds is 7. The van der Waals surface area contributed by atoms with E-state index in [4.69, 9.17) is 9.84 Å². The Bertz CT molecular complexity index is 334. The summed E-state index contributed by atoms with van der Waals surface area (Å²) in [4.78, 5) is 11.6. The normalized spacial score (nSPS) is 11.9. The van der Waals surface area contributed by atoms with Crippen molar-refractivity contribution in [1.29, 1.82) is 0 Å². The van der Waals surface area contributed by atoms with Crippen LogP contribution in [0.2, 0.25) is 0 Å². The summed E-state index contributed by atoms with van der Waals surface area (Å²) in [7, 11) is 0. The molecule has 0 saturated carbocycles. The first kappa shape index (κ1) is 14.5. The molecule has 1 atom stereocenters. The lowest BCUT2D eigenvalue weighted by atomic mass is 10.1. The summed E-state index contributed by atoms with van der Waals surface area (Å²) in [5.74, 6) is 0. The Morgan fingerprint density at radius 2 is 2.06 bits per heavy atom. The second-order valence-electron chi connectivity index (χ2n) is 4.20. The van der Waals surface area contributed by atoms with Crippen LogP contribution in [0.4, 0.5) is 4.79 Å². The molecule has 0 aliphatic rings. The zero-order chi connectivity index (χ0) is 13.2. The van der Waals surface area contributed by atoms with E-state index >= 15 is 0 Å². The number of ether oxygens (including phenoxy) is 1. The summed E-state index contributed by atoms with van der Waals surface area (Å²) >= 11 is 0. The first-order valence-electron chi connectivity index (χ1n) is 6.34. The van der Waals surface area contributed by atoms with Crippen LogP contribution in [0.3, 0.4) is 0 Å². The maximum absolute atomic E-state index is 11.6. The monoisotopic (exact) mass is 251 g/mol. The first-order valence-corrected chi connectivity index (χ1v) is 6.34. The van der Waals surface area contributed by atoms with Gasteiger partial charge in [0.1, 0.15) is 6.61 Å². The SMILES string of the molecule is CCCC(CCO)NC(=O)OCc1ccccc1. The number of benzene rings is 1. The van der Waals surface area contributed by atoms with Crippen molar-refractivity contribution in [3.05, 3.63) is 35.9 Å². The van der Waals surface area contributed by atoms with Gasteiger partial charge in [0.25, 0.3) is 0 Å². The molecule has 1 aromatic rings. The van der Waals surface area contributed by atoms with Crippen molar-refractivity contribution in [3.63, 3.8) is 0 Å². The molecular weight excluding hydrogens is 230 g/mol. The number of carbonyl (C=O) groups excluding carboxylic acids is 1. The topological polar surface area (TPSA) is 58.6 Å². The number of aliphatic hydroxyl groups is 1. The molecule has 0 spiro atoms. The number of carbonyl (C=O) groups is 1. The van der Waals surface area contributed by atoms with Gasteiger partial charge in [-0.1, -0.05) is 43.7 Å². The maximum Gasteiger partial charge on any atom is 0.407 e. The molecule has 0 aromatic heterocycles. The van der Waals surface area contributed by atoms with E-state index in [-0.39, 0.29) is 19.3 Å². The summed E-state index contributed by atoms with van der Waals surface area (Å²) in [5.41, 5.74) is 0.960. The van der Waals surface area contributed by atoms with Crippen molar-refractivity contribution < 1.29 is 14.6 Å². The zero-order valence-corrected chi connectivity index (χ0v) is 10.8. The molecule has 4 heteroatoms. The van der Waals surface area contributed by atoms with E-state index in [0.29, 0.717) is 6.42 Å². The zero-order valence-electron chi connectivity index (χ0n) is 10.8. The van der Waals surface area contributed by atoms with Crippen LogP contribution in [0.1, 0.15) is 31.7 Å². The molecule has 4 nitrogen and oxygen atoms in total. The van der Waals surface area contributed by atoms with E-state index in [1.54, 1.807) is 0 Å². The Balaban J connectivity index is 2.31. The molecule has 1 amide bonds. The van der Waals surface area contributed by atoms with Crippen LogP contribution >= 0.6 is 0 Å². The number of aliphatic hydroxyl groups excluding tert-OH is 1. The number of hydrogen-bond acceptors (Lipinski definition) is 3. The van der Waals surface area contributed by atoms with Crippen LogP contribution < -0.4 is 5.32 Å². The van der Waals surface area contributed by atoms with Gasteiger partial charge in [0.05, 0.1) is 0 Å². The number of amides is 1. The third kappa shape index (κ3) is 5.68. The largest absolute Gasteiger partial charge is 0.445 e. The minimum absolute atomic E-state index is 0.0109. The highest BCUT2D eigenvalue weighted by Crippen LogP contribution is 2.04. The van der Waals surface area contributed by atoms with Crippen molar-refractivity contribution in [1.82, 2.24) is 5.32 Å². The van der Waals surface area contributed by atoms with Gasteiger partial charge in [-0.25, -0.2) is 4.79 Å². The van der Waals surface area contributed by atoms with Gasteiger partial charge < -0.3 is 15.2 Å². The van der Waals surface area contributed by atoms with Gasteiger partial charge in [0, 0.05) is 12.6 Å². The van der Waals surface area contributed by atoms with Crippen molar-refractivity contribution in [3.8, 4) is 0 Å². The van der Waals surface area contributed by atoms with E-state index in [0.717, 1.165) is 18.4 Å². The number of hydrogen-bond donors (Lipinski definition) is 2. The van der Waals surface area contributed by atoms with Crippen molar-refractivity contribution in [2.75, 3.05) is 6.61 Å². The van der Waals surface area contributed by atoms with Gasteiger partial charge in [-0.05, 0) is 18.4 Å². The lowest BCUT2D eigenvalue weighted by Gasteiger charge is -2.16. The van der Waals surface area contributed by atoms with Gasteiger partial charge in [-0.3, -0.25) is 0 Å². The van der Waals surface area contributed by atoms with Gasteiger partial charge >= 0.3 is 6.09 Å². The molecule has 18 heavy (non-hydrogen) atoms. The van der Waals surface area contributed by atoms with E-state index in [2.05, 4.69) is 5.32 Å². The minimum atomic E-state index is -0.425. The highest BCUT2D eigenvalue weighted by atomic mass is 16.5. The fourth-order valence-electron chi connectivity index (χ4n) is 1.72. The van der Waals surface area contributed by atoms with E-state index in [1.165, 1.54) is 0 Å². The lowest BCUT2D eigenvalue weighted by molar-refractivity contribution is 0.132. The molecular formula is C14H21NO3. The molecule has 0 radical (unpaired) electrons. The average Bonchev–Trinajstić information content (AvgIpc) is 2.38. The Morgan fingerprint density at radius 1 is 1.33 bits per heavy atom. The Hall–Kier alpha value is -1.55. The summed E-state index contributed by atoms with van der Waals surface area (Å²) in [6, 6.07) is 9.53.